The van der Waals surface area contributed by atoms with Gasteiger partial charge in [-0.25, -0.2) is 8.42 Å². The Kier molecular flexibility index (Phi) is 4.21. The van der Waals surface area contributed by atoms with Crippen LogP contribution in [0.4, 0.5) is 0 Å². The fourth-order valence-electron chi connectivity index (χ4n) is 5.16. The van der Waals surface area contributed by atoms with Crippen molar-refractivity contribution in [3.63, 3.8) is 0 Å². The van der Waals surface area contributed by atoms with E-state index in [0.717, 1.165) is 30.4 Å². The van der Waals surface area contributed by atoms with Crippen LogP contribution < -0.4 is 0 Å². The second-order valence-corrected chi connectivity index (χ2v) is 12.4. The second-order valence-electron chi connectivity index (χ2n) is 10.5. The molecular formula is C21H33NO2S. The van der Waals surface area contributed by atoms with E-state index in [-0.39, 0.29) is 22.3 Å². The third-order valence-corrected chi connectivity index (χ3v) is 8.05. The molecule has 0 N–H and O–H groups in total. The van der Waals surface area contributed by atoms with Crippen LogP contribution in [0, 0.1) is 17.8 Å². The van der Waals surface area contributed by atoms with Crippen molar-refractivity contribution in [3.05, 3.63) is 29.3 Å². The molecule has 1 heterocycles. The molecule has 3 rings (SSSR count). The molecule has 2 fully saturated rings. The average molecular weight is 364 g/mol. The number of rotatable bonds is 2. The molecule has 140 valence electrons. The highest BCUT2D eigenvalue weighted by Crippen LogP contribution is 2.53. The molecule has 2 bridgehead atoms. The smallest absolute Gasteiger partial charge is 0.207 e. The monoisotopic (exact) mass is 363 g/mol. The lowest BCUT2D eigenvalue weighted by molar-refractivity contribution is 0.133. The van der Waals surface area contributed by atoms with Crippen molar-refractivity contribution in [1.82, 2.24) is 4.31 Å². The molecule has 1 saturated heterocycles. The van der Waals surface area contributed by atoms with Crippen LogP contribution in [0.15, 0.2) is 23.1 Å². The first kappa shape index (κ1) is 18.9. The van der Waals surface area contributed by atoms with Gasteiger partial charge in [0.05, 0.1) is 4.90 Å². The van der Waals surface area contributed by atoms with Crippen molar-refractivity contribution in [2.45, 2.75) is 84.1 Å². The van der Waals surface area contributed by atoms with E-state index in [1.54, 1.807) is 0 Å². The summed E-state index contributed by atoms with van der Waals surface area (Å²) in [5, 5.41) is 0. The third-order valence-electron chi connectivity index (χ3n) is 6.01. The van der Waals surface area contributed by atoms with E-state index in [4.69, 9.17) is 0 Å². The van der Waals surface area contributed by atoms with Gasteiger partial charge in [0.1, 0.15) is 0 Å². The molecule has 0 unspecified atom stereocenters. The minimum Gasteiger partial charge on any atom is -0.207 e. The highest BCUT2D eigenvalue weighted by molar-refractivity contribution is 7.89. The Hall–Kier alpha value is -0.870. The molecular weight excluding hydrogens is 330 g/mol. The minimum atomic E-state index is -3.46. The van der Waals surface area contributed by atoms with Crippen molar-refractivity contribution in [2.75, 3.05) is 6.54 Å². The molecule has 2 aliphatic rings. The number of benzene rings is 1. The molecule has 1 saturated carbocycles. The van der Waals surface area contributed by atoms with Crippen molar-refractivity contribution < 1.29 is 8.42 Å². The zero-order valence-electron chi connectivity index (χ0n) is 16.8. The topological polar surface area (TPSA) is 37.4 Å². The number of hydrogen-bond acceptors (Lipinski definition) is 2. The fraction of sp³-hybridized carbons (Fsp3) is 0.714. The number of aryl methyl sites for hydroxylation is 1. The van der Waals surface area contributed by atoms with Crippen LogP contribution in [-0.2, 0) is 15.4 Å². The maximum absolute atomic E-state index is 13.6. The van der Waals surface area contributed by atoms with E-state index in [2.05, 4.69) is 47.6 Å². The summed E-state index contributed by atoms with van der Waals surface area (Å²) < 4.78 is 28.9. The largest absolute Gasteiger partial charge is 0.243 e. The van der Waals surface area contributed by atoms with Crippen LogP contribution in [0.2, 0.25) is 0 Å². The van der Waals surface area contributed by atoms with Gasteiger partial charge in [0.25, 0.3) is 0 Å². The molecule has 1 aromatic carbocycles. The third kappa shape index (κ3) is 3.40. The summed E-state index contributed by atoms with van der Waals surface area (Å²) in [6, 6.07) is 6.06. The molecule has 0 amide bonds. The van der Waals surface area contributed by atoms with Crippen LogP contribution in [0.25, 0.3) is 0 Å². The number of fused-ring (bicyclic) bond motifs is 2. The first-order valence-corrected chi connectivity index (χ1v) is 10.8. The lowest BCUT2D eigenvalue weighted by atomic mass is 9.65. The van der Waals surface area contributed by atoms with Crippen molar-refractivity contribution in [3.8, 4) is 0 Å². The summed E-state index contributed by atoms with van der Waals surface area (Å²) in [7, 11) is -3.46. The van der Waals surface area contributed by atoms with E-state index in [1.807, 2.05) is 23.4 Å². The Morgan fingerprint density at radius 3 is 2.36 bits per heavy atom. The Bertz CT molecular complexity index is 789. The normalized spacial score (nSPS) is 29.8. The highest BCUT2D eigenvalue weighted by Gasteiger charge is 2.53. The number of nitrogens with zero attached hydrogens (tertiary/aromatic N) is 1. The van der Waals surface area contributed by atoms with Gasteiger partial charge in [-0.3, -0.25) is 0 Å². The molecule has 4 heteroatoms. The van der Waals surface area contributed by atoms with Crippen LogP contribution >= 0.6 is 0 Å². The standard InChI is InChI=1S/C21H33NO2S/c1-15-8-9-16(19(2,3)4)10-18(15)25(23,24)22-14-21(7)12-17(22)11-20(5,6)13-21/h8-10,17H,11-14H2,1-7H3/t17-,21-/m0/s1. The van der Waals surface area contributed by atoms with Gasteiger partial charge in [-0.2, -0.15) is 4.31 Å². The zero-order chi connectivity index (χ0) is 18.8. The lowest BCUT2D eigenvalue weighted by Gasteiger charge is -2.39. The molecule has 2 atom stereocenters. The highest BCUT2D eigenvalue weighted by atomic mass is 32.2. The molecule has 1 aromatic rings. The molecule has 1 aliphatic heterocycles. The van der Waals surface area contributed by atoms with Gasteiger partial charge in [-0.05, 0) is 59.6 Å². The Morgan fingerprint density at radius 1 is 1.12 bits per heavy atom. The summed E-state index contributed by atoms with van der Waals surface area (Å²) in [5.74, 6) is 0. The number of sulfonamides is 1. The van der Waals surface area contributed by atoms with E-state index < -0.39 is 10.0 Å². The van der Waals surface area contributed by atoms with E-state index >= 15 is 0 Å². The first-order valence-electron chi connectivity index (χ1n) is 9.37. The average Bonchev–Trinajstić information content (AvgIpc) is 2.67. The fourth-order valence-corrected chi connectivity index (χ4v) is 7.19. The summed E-state index contributed by atoms with van der Waals surface area (Å²) in [4.78, 5) is 0.494. The summed E-state index contributed by atoms with van der Waals surface area (Å²) in [6.45, 7) is 15.8. The lowest BCUT2D eigenvalue weighted by Crippen LogP contribution is -2.38. The predicted molar refractivity (Wildman–Crippen MR) is 103 cm³/mol. The Morgan fingerprint density at radius 2 is 1.76 bits per heavy atom. The molecule has 0 spiro atoms. The van der Waals surface area contributed by atoms with E-state index in [9.17, 15) is 8.42 Å². The van der Waals surface area contributed by atoms with Crippen molar-refractivity contribution >= 4 is 10.0 Å². The van der Waals surface area contributed by atoms with Gasteiger partial charge < -0.3 is 0 Å². The van der Waals surface area contributed by atoms with Gasteiger partial charge in [0, 0.05) is 12.6 Å². The van der Waals surface area contributed by atoms with Gasteiger partial charge in [0.2, 0.25) is 10.0 Å². The zero-order valence-corrected chi connectivity index (χ0v) is 17.6. The van der Waals surface area contributed by atoms with Crippen LogP contribution in [0.1, 0.15) is 71.9 Å². The molecule has 0 radical (unpaired) electrons. The Balaban J connectivity index is 2.04. The first-order chi connectivity index (χ1) is 11.2. The summed E-state index contributed by atoms with van der Waals surface area (Å²) >= 11 is 0. The van der Waals surface area contributed by atoms with Crippen LogP contribution in [0.5, 0.6) is 0 Å². The van der Waals surface area contributed by atoms with Gasteiger partial charge in [0.15, 0.2) is 0 Å². The van der Waals surface area contributed by atoms with Gasteiger partial charge in [-0.15, -0.1) is 0 Å². The molecule has 1 aliphatic carbocycles. The van der Waals surface area contributed by atoms with E-state index in [1.165, 1.54) is 0 Å². The predicted octanol–water partition coefficient (Wildman–Crippen LogP) is 4.88. The van der Waals surface area contributed by atoms with E-state index in [0.29, 0.717) is 11.4 Å². The molecule has 0 aromatic heterocycles. The van der Waals surface area contributed by atoms with Crippen molar-refractivity contribution in [2.24, 2.45) is 10.8 Å². The second kappa shape index (κ2) is 5.56. The summed E-state index contributed by atoms with van der Waals surface area (Å²) in [6.07, 6.45) is 3.05. The van der Waals surface area contributed by atoms with Gasteiger partial charge >= 0.3 is 0 Å². The minimum absolute atomic E-state index is 0.0627. The SMILES string of the molecule is Cc1ccc(C(C)(C)C)cc1S(=O)(=O)N1C[C@@]2(C)C[C@@H]1CC(C)(C)C2. The maximum atomic E-state index is 13.6. The van der Waals surface area contributed by atoms with Crippen LogP contribution in [-0.4, -0.2) is 25.3 Å². The maximum Gasteiger partial charge on any atom is 0.243 e. The quantitative estimate of drug-likeness (QED) is 0.751. The summed E-state index contributed by atoms with van der Waals surface area (Å²) in [5.41, 5.74) is 2.18. The molecule has 25 heavy (non-hydrogen) atoms. The van der Waals surface area contributed by atoms with Crippen LogP contribution in [0.3, 0.4) is 0 Å². The number of hydrogen-bond donors (Lipinski definition) is 0. The molecule has 3 nitrogen and oxygen atoms in total. The Labute approximate surface area is 153 Å². The van der Waals surface area contributed by atoms with Crippen molar-refractivity contribution in [1.29, 1.82) is 0 Å². The van der Waals surface area contributed by atoms with Gasteiger partial charge in [-0.1, -0.05) is 53.7 Å².